The zero-order valence-electron chi connectivity index (χ0n) is 12.6. The molecule has 0 aliphatic heterocycles. The molecule has 2 rings (SSSR count). The summed E-state index contributed by atoms with van der Waals surface area (Å²) in [5, 5.41) is 6.61. The van der Waals surface area contributed by atoms with E-state index in [0.717, 1.165) is 5.56 Å². The monoisotopic (exact) mass is 384 g/mol. The number of carbonyl (C=O) groups excluding carboxylic acids is 2. The van der Waals surface area contributed by atoms with Crippen LogP contribution in [0.15, 0.2) is 42.5 Å². The van der Waals surface area contributed by atoms with Gasteiger partial charge in [-0.15, -0.1) is 0 Å². The van der Waals surface area contributed by atoms with Crippen LogP contribution < -0.4 is 10.6 Å². The van der Waals surface area contributed by atoms with E-state index in [1.165, 1.54) is 12.1 Å². The van der Waals surface area contributed by atoms with Crippen LogP contribution in [0.3, 0.4) is 0 Å². The van der Waals surface area contributed by atoms with E-state index in [9.17, 15) is 9.59 Å². The van der Waals surface area contributed by atoms with Crippen LogP contribution in [0.4, 0.5) is 0 Å². The summed E-state index contributed by atoms with van der Waals surface area (Å²) in [4.78, 5) is 23.7. The largest absolute Gasteiger partial charge is 0.354 e. The summed E-state index contributed by atoms with van der Waals surface area (Å²) < 4.78 is 0. The maximum absolute atomic E-state index is 12.0. The molecule has 24 heavy (non-hydrogen) atoms. The van der Waals surface area contributed by atoms with E-state index < -0.39 is 5.91 Å². The molecule has 0 fully saturated rings. The molecular formula is C17H15Cl3N2O2. The number of rotatable bonds is 6. The van der Waals surface area contributed by atoms with Crippen molar-refractivity contribution in [2.75, 3.05) is 13.1 Å². The Morgan fingerprint density at radius 1 is 0.875 bits per heavy atom. The maximum atomic E-state index is 12.0. The normalized spacial score (nSPS) is 10.3. The van der Waals surface area contributed by atoms with Crippen LogP contribution >= 0.6 is 34.8 Å². The van der Waals surface area contributed by atoms with E-state index >= 15 is 0 Å². The van der Waals surface area contributed by atoms with Gasteiger partial charge in [-0.2, -0.15) is 0 Å². The van der Waals surface area contributed by atoms with Gasteiger partial charge in [0, 0.05) is 16.6 Å². The topological polar surface area (TPSA) is 58.2 Å². The lowest BCUT2D eigenvalue weighted by atomic mass is 10.1. The molecule has 0 radical (unpaired) electrons. The third-order valence-electron chi connectivity index (χ3n) is 3.23. The lowest BCUT2D eigenvalue weighted by Crippen LogP contribution is -2.37. The van der Waals surface area contributed by atoms with Gasteiger partial charge in [-0.05, 0) is 42.3 Å². The Labute approximate surface area is 155 Å². The molecule has 0 aliphatic rings. The molecule has 0 saturated carbocycles. The molecule has 0 heterocycles. The summed E-state index contributed by atoms with van der Waals surface area (Å²) in [6.45, 7) is 0.344. The SMILES string of the molecule is O=C(CNC(=O)c1ccc(Cl)cc1Cl)NCCc1ccc(Cl)cc1. The second-order valence-corrected chi connectivity index (χ2v) is 6.31. The van der Waals surface area contributed by atoms with Gasteiger partial charge in [0.25, 0.3) is 5.91 Å². The number of halogens is 3. The first-order valence-corrected chi connectivity index (χ1v) is 8.33. The minimum Gasteiger partial charge on any atom is -0.354 e. The molecule has 126 valence electrons. The number of hydrogen-bond donors (Lipinski definition) is 2. The number of carbonyl (C=O) groups is 2. The highest BCUT2D eigenvalue weighted by Gasteiger charge is 2.11. The van der Waals surface area contributed by atoms with E-state index in [-0.39, 0.29) is 23.0 Å². The molecule has 7 heteroatoms. The van der Waals surface area contributed by atoms with Crippen molar-refractivity contribution in [1.29, 1.82) is 0 Å². The van der Waals surface area contributed by atoms with E-state index in [1.54, 1.807) is 18.2 Å². The summed E-state index contributed by atoms with van der Waals surface area (Å²) >= 11 is 17.5. The fourth-order valence-electron chi connectivity index (χ4n) is 1.99. The Balaban J connectivity index is 1.74. The molecule has 4 nitrogen and oxygen atoms in total. The highest BCUT2D eigenvalue weighted by Crippen LogP contribution is 2.20. The molecule has 0 aromatic heterocycles. The molecule has 0 atom stereocenters. The molecule has 2 aromatic rings. The van der Waals surface area contributed by atoms with Crippen LogP contribution in [0.2, 0.25) is 15.1 Å². The van der Waals surface area contributed by atoms with Crippen LogP contribution in [-0.4, -0.2) is 24.9 Å². The first kappa shape index (κ1) is 18.6. The Morgan fingerprint density at radius 2 is 1.54 bits per heavy atom. The molecule has 2 amide bonds. The summed E-state index contributed by atoms with van der Waals surface area (Å²) in [5.41, 5.74) is 1.34. The zero-order valence-corrected chi connectivity index (χ0v) is 14.9. The van der Waals surface area contributed by atoms with Crippen molar-refractivity contribution in [2.24, 2.45) is 0 Å². The van der Waals surface area contributed by atoms with Gasteiger partial charge < -0.3 is 10.6 Å². The molecule has 0 bridgehead atoms. The quantitative estimate of drug-likeness (QED) is 0.796. The minimum absolute atomic E-state index is 0.127. The molecule has 0 aliphatic carbocycles. The van der Waals surface area contributed by atoms with Gasteiger partial charge in [0.2, 0.25) is 5.91 Å². The van der Waals surface area contributed by atoms with E-state index in [0.29, 0.717) is 23.0 Å². The zero-order chi connectivity index (χ0) is 17.5. The number of hydrogen-bond acceptors (Lipinski definition) is 2. The number of benzene rings is 2. The van der Waals surface area contributed by atoms with Crippen molar-refractivity contribution in [3.8, 4) is 0 Å². The second kappa shape index (κ2) is 8.92. The number of nitrogens with one attached hydrogen (secondary N) is 2. The highest BCUT2D eigenvalue weighted by molar-refractivity contribution is 6.36. The summed E-state index contributed by atoms with van der Waals surface area (Å²) in [5.74, 6) is -0.702. The first-order chi connectivity index (χ1) is 11.5. The highest BCUT2D eigenvalue weighted by atomic mass is 35.5. The molecule has 0 saturated heterocycles. The van der Waals surface area contributed by atoms with E-state index in [2.05, 4.69) is 10.6 Å². The minimum atomic E-state index is -0.426. The lowest BCUT2D eigenvalue weighted by Gasteiger charge is -2.08. The molecule has 0 spiro atoms. The van der Waals surface area contributed by atoms with Gasteiger partial charge in [0.05, 0.1) is 17.1 Å². The summed E-state index contributed by atoms with van der Waals surface area (Å²) in [7, 11) is 0. The van der Waals surface area contributed by atoms with Crippen molar-refractivity contribution in [1.82, 2.24) is 10.6 Å². The third kappa shape index (κ3) is 5.71. The summed E-state index contributed by atoms with van der Waals surface area (Å²) in [6, 6.07) is 12.0. The molecule has 2 N–H and O–H groups in total. The lowest BCUT2D eigenvalue weighted by molar-refractivity contribution is -0.120. The fraction of sp³-hybridized carbons (Fsp3) is 0.176. The Hall–Kier alpha value is -1.75. The Morgan fingerprint density at radius 3 is 2.21 bits per heavy atom. The standard InChI is InChI=1S/C17H15Cl3N2O2/c18-12-3-1-11(2-4-12)7-8-21-16(23)10-22-17(24)14-6-5-13(19)9-15(14)20/h1-6,9H,7-8,10H2,(H,21,23)(H,22,24). The van der Waals surface area contributed by atoms with Crippen LogP contribution in [-0.2, 0) is 11.2 Å². The van der Waals surface area contributed by atoms with Gasteiger partial charge >= 0.3 is 0 Å². The van der Waals surface area contributed by atoms with Crippen molar-refractivity contribution >= 4 is 46.6 Å². The van der Waals surface area contributed by atoms with Gasteiger partial charge in [0.1, 0.15) is 0 Å². The van der Waals surface area contributed by atoms with Crippen molar-refractivity contribution in [2.45, 2.75) is 6.42 Å². The first-order valence-electron chi connectivity index (χ1n) is 7.20. The van der Waals surface area contributed by atoms with Crippen molar-refractivity contribution < 1.29 is 9.59 Å². The average molecular weight is 386 g/mol. The predicted molar refractivity (Wildman–Crippen MR) is 97.0 cm³/mol. The predicted octanol–water partition coefficient (Wildman–Crippen LogP) is 3.74. The van der Waals surface area contributed by atoms with Crippen LogP contribution in [0.5, 0.6) is 0 Å². The van der Waals surface area contributed by atoms with Gasteiger partial charge in [0.15, 0.2) is 0 Å². The Bertz CT molecular complexity index is 733. The number of amides is 2. The smallest absolute Gasteiger partial charge is 0.253 e. The van der Waals surface area contributed by atoms with Gasteiger partial charge in [-0.3, -0.25) is 9.59 Å². The average Bonchev–Trinajstić information content (AvgIpc) is 2.54. The van der Waals surface area contributed by atoms with E-state index in [1.807, 2.05) is 12.1 Å². The fourth-order valence-corrected chi connectivity index (χ4v) is 2.61. The molecular weight excluding hydrogens is 371 g/mol. The van der Waals surface area contributed by atoms with E-state index in [4.69, 9.17) is 34.8 Å². The van der Waals surface area contributed by atoms with Gasteiger partial charge in [-0.1, -0.05) is 46.9 Å². The second-order valence-electron chi connectivity index (χ2n) is 5.03. The van der Waals surface area contributed by atoms with Crippen molar-refractivity contribution in [3.05, 3.63) is 68.7 Å². The third-order valence-corrected chi connectivity index (χ3v) is 4.03. The molecule has 2 aromatic carbocycles. The van der Waals surface area contributed by atoms with Crippen LogP contribution in [0.25, 0.3) is 0 Å². The molecule has 0 unspecified atom stereocenters. The Kier molecular flexibility index (Phi) is 6.91. The summed E-state index contributed by atoms with van der Waals surface area (Å²) in [6.07, 6.45) is 0.680. The van der Waals surface area contributed by atoms with Crippen LogP contribution in [0, 0.1) is 0 Å². The van der Waals surface area contributed by atoms with Crippen molar-refractivity contribution in [3.63, 3.8) is 0 Å². The van der Waals surface area contributed by atoms with Gasteiger partial charge in [-0.25, -0.2) is 0 Å². The van der Waals surface area contributed by atoms with Crippen LogP contribution in [0.1, 0.15) is 15.9 Å². The maximum Gasteiger partial charge on any atom is 0.253 e.